The third kappa shape index (κ3) is 5.56. The first-order valence-corrected chi connectivity index (χ1v) is 8.89. The predicted octanol–water partition coefficient (Wildman–Crippen LogP) is 4.74. The van der Waals surface area contributed by atoms with Crippen LogP contribution < -0.4 is 5.32 Å². The zero-order valence-electron chi connectivity index (χ0n) is 12.2. The third-order valence-corrected chi connectivity index (χ3v) is 3.95. The first kappa shape index (κ1) is 16.1. The number of thioether (sulfide) groups is 1. The highest BCUT2D eigenvalue weighted by atomic mass is 35.5. The van der Waals surface area contributed by atoms with Gasteiger partial charge >= 0.3 is 0 Å². The normalized spacial score (nSPS) is 10.6. The molecule has 0 aliphatic carbocycles. The Balaban J connectivity index is 1.93. The Bertz CT molecular complexity index is 548. The zero-order valence-corrected chi connectivity index (χ0v) is 13.8. The lowest BCUT2D eigenvalue weighted by molar-refractivity contribution is 0.748. The van der Waals surface area contributed by atoms with Gasteiger partial charge in [0.25, 0.3) is 0 Å². The van der Waals surface area contributed by atoms with E-state index in [1.54, 1.807) is 6.07 Å². The molecule has 1 N–H and O–H groups in total. The largest absolute Gasteiger partial charge is 0.370 e. The summed E-state index contributed by atoms with van der Waals surface area (Å²) in [6.45, 7) is 0.913. The van der Waals surface area contributed by atoms with Crippen LogP contribution in [0.1, 0.15) is 19.3 Å². The highest BCUT2D eigenvalue weighted by molar-refractivity contribution is 7.98. The minimum atomic E-state index is 0.466. The number of benzene rings is 1. The van der Waals surface area contributed by atoms with E-state index in [9.17, 15) is 0 Å². The van der Waals surface area contributed by atoms with E-state index in [0.29, 0.717) is 11.0 Å². The number of anilines is 1. The zero-order chi connectivity index (χ0) is 14.9. The first-order chi connectivity index (χ1) is 10.3. The van der Waals surface area contributed by atoms with Crippen LogP contribution in [0.4, 0.5) is 5.82 Å². The quantitative estimate of drug-likeness (QED) is 0.563. The second-order valence-electron chi connectivity index (χ2n) is 4.75. The summed E-state index contributed by atoms with van der Waals surface area (Å²) in [7, 11) is 0. The van der Waals surface area contributed by atoms with Gasteiger partial charge in [0.1, 0.15) is 11.0 Å². The minimum Gasteiger partial charge on any atom is -0.370 e. The molecule has 21 heavy (non-hydrogen) atoms. The van der Waals surface area contributed by atoms with Crippen molar-refractivity contribution >= 4 is 29.2 Å². The number of nitrogens with one attached hydrogen (secondary N) is 1. The van der Waals surface area contributed by atoms with Crippen LogP contribution in [-0.4, -0.2) is 28.5 Å². The Hall–Kier alpha value is -1.26. The van der Waals surface area contributed by atoms with Crippen molar-refractivity contribution in [2.45, 2.75) is 19.3 Å². The van der Waals surface area contributed by atoms with E-state index in [4.69, 9.17) is 11.6 Å². The average Bonchev–Trinajstić information content (AvgIpc) is 2.51. The molecule has 5 heteroatoms. The second kappa shape index (κ2) is 8.90. The van der Waals surface area contributed by atoms with Crippen molar-refractivity contribution in [3.05, 3.63) is 41.6 Å². The van der Waals surface area contributed by atoms with Crippen LogP contribution in [0.5, 0.6) is 0 Å². The molecule has 2 aromatic rings. The number of halogens is 1. The number of nitrogens with zero attached hydrogens (tertiary/aromatic N) is 2. The maximum Gasteiger partial charge on any atom is 0.163 e. The average molecular weight is 322 g/mol. The summed E-state index contributed by atoms with van der Waals surface area (Å²) in [4.78, 5) is 8.81. The highest BCUT2D eigenvalue weighted by Gasteiger charge is 2.05. The van der Waals surface area contributed by atoms with Crippen molar-refractivity contribution < 1.29 is 0 Å². The van der Waals surface area contributed by atoms with E-state index < -0.39 is 0 Å². The van der Waals surface area contributed by atoms with Crippen LogP contribution in [0.15, 0.2) is 36.4 Å². The van der Waals surface area contributed by atoms with Crippen molar-refractivity contribution in [2.24, 2.45) is 0 Å². The molecular weight excluding hydrogens is 302 g/mol. The number of hydrogen-bond acceptors (Lipinski definition) is 4. The van der Waals surface area contributed by atoms with Crippen molar-refractivity contribution in [1.82, 2.24) is 9.97 Å². The third-order valence-electron chi connectivity index (χ3n) is 3.06. The summed E-state index contributed by atoms with van der Waals surface area (Å²) < 4.78 is 0. The van der Waals surface area contributed by atoms with Crippen molar-refractivity contribution in [3.8, 4) is 11.4 Å². The molecule has 0 aliphatic rings. The van der Waals surface area contributed by atoms with E-state index in [2.05, 4.69) is 21.5 Å². The molecule has 0 radical (unpaired) electrons. The second-order valence-corrected chi connectivity index (χ2v) is 6.12. The van der Waals surface area contributed by atoms with Crippen molar-refractivity contribution in [3.63, 3.8) is 0 Å². The molecule has 1 heterocycles. The molecule has 1 aromatic heterocycles. The highest BCUT2D eigenvalue weighted by Crippen LogP contribution is 2.20. The number of unbranched alkanes of at least 4 members (excludes halogenated alkanes) is 2. The van der Waals surface area contributed by atoms with Crippen LogP contribution in [0, 0.1) is 0 Å². The summed E-state index contributed by atoms with van der Waals surface area (Å²) in [6, 6.07) is 11.7. The standard InChI is InChI=1S/C16H20ClN3S/c1-21-11-7-3-6-10-18-15-12-14(17)19-16(20-15)13-8-4-2-5-9-13/h2,4-5,8-9,12H,3,6-7,10-11H2,1H3,(H,18,19,20). The van der Waals surface area contributed by atoms with Crippen LogP contribution in [-0.2, 0) is 0 Å². The van der Waals surface area contributed by atoms with Gasteiger partial charge in [-0.05, 0) is 24.9 Å². The number of rotatable bonds is 8. The van der Waals surface area contributed by atoms with Gasteiger partial charge in [0, 0.05) is 18.2 Å². The van der Waals surface area contributed by atoms with Gasteiger partial charge < -0.3 is 5.32 Å². The van der Waals surface area contributed by atoms with Crippen LogP contribution in [0.3, 0.4) is 0 Å². The minimum absolute atomic E-state index is 0.466. The molecule has 0 saturated heterocycles. The summed E-state index contributed by atoms with van der Waals surface area (Å²) in [6.07, 6.45) is 5.79. The van der Waals surface area contributed by atoms with Gasteiger partial charge in [-0.15, -0.1) is 0 Å². The van der Waals surface area contributed by atoms with Crippen LogP contribution >= 0.6 is 23.4 Å². The van der Waals surface area contributed by atoms with Crippen molar-refractivity contribution in [1.29, 1.82) is 0 Å². The van der Waals surface area contributed by atoms with Gasteiger partial charge in [-0.2, -0.15) is 11.8 Å². The SMILES string of the molecule is CSCCCCCNc1cc(Cl)nc(-c2ccccc2)n1. The Kier molecular flexibility index (Phi) is 6.83. The first-order valence-electron chi connectivity index (χ1n) is 7.12. The van der Waals surface area contributed by atoms with Gasteiger partial charge in [-0.25, -0.2) is 9.97 Å². The molecule has 0 aliphatic heterocycles. The van der Waals surface area contributed by atoms with Crippen LogP contribution in [0.2, 0.25) is 5.15 Å². The molecule has 0 amide bonds. The van der Waals surface area contributed by atoms with E-state index in [1.807, 2.05) is 42.1 Å². The van der Waals surface area contributed by atoms with Gasteiger partial charge in [-0.3, -0.25) is 0 Å². The number of aromatic nitrogens is 2. The van der Waals surface area contributed by atoms with E-state index >= 15 is 0 Å². The molecule has 0 unspecified atom stereocenters. The molecular formula is C16H20ClN3S. The van der Waals surface area contributed by atoms with E-state index in [-0.39, 0.29) is 0 Å². The Morgan fingerprint density at radius 1 is 1.10 bits per heavy atom. The Morgan fingerprint density at radius 3 is 2.67 bits per heavy atom. The van der Waals surface area contributed by atoms with Gasteiger partial charge in [0.15, 0.2) is 5.82 Å². The Labute approximate surface area is 135 Å². The van der Waals surface area contributed by atoms with E-state index in [0.717, 1.165) is 24.3 Å². The number of hydrogen-bond donors (Lipinski definition) is 1. The van der Waals surface area contributed by atoms with Gasteiger partial charge in [0.05, 0.1) is 0 Å². The monoisotopic (exact) mass is 321 g/mol. The fraction of sp³-hybridized carbons (Fsp3) is 0.375. The maximum atomic E-state index is 6.09. The topological polar surface area (TPSA) is 37.8 Å². The molecule has 0 fully saturated rings. The lowest BCUT2D eigenvalue weighted by Crippen LogP contribution is -2.05. The molecule has 0 spiro atoms. The molecule has 0 saturated carbocycles. The molecule has 3 nitrogen and oxygen atoms in total. The molecule has 0 bridgehead atoms. The molecule has 112 valence electrons. The smallest absolute Gasteiger partial charge is 0.163 e. The predicted molar refractivity (Wildman–Crippen MR) is 93.2 cm³/mol. The van der Waals surface area contributed by atoms with Crippen molar-refractivity contribution in [2.75, 3.05) is 23.9 Å². The van der Waals surface area contributed by atoms with E-state index in [1.165, 1.54) is 18.6 Å². The molecule has 0 atom stereocenters. The van der Waals surface area contributed by atoms with Gasteiger partial charge in [-0.1, -0.05) is 48.4 Å². The van der Waals surface area contributed by atoms with Crippen LogP contribution in [0.25, 0.3) is 11.4 Å². The lowest BCUT2D eigenvalue weighted by atomic mass is 10.2. The van der Waals surface area contributed by atoms with Gasteiger partial charge in [0.2, 0.25) is 0 Å². The fourth-order valence-electron chi connectivity index (χ4n) is 1.99. The summed E-state index contributed by atoms with van der Waals surface area (Å²) in [5, 5.41) is 3.80. The summed E-state index contributed by atoms with van der Waals surface area (Å²) in [5.74, 6) is 2.68. The Morgan fingerprint density at radius 2 is 1.90 bits per heavy atom. The maximum absolute atomic E-state index is 6.09. The molecule has 1 aromatic carbocycles. The summed E-state index contributed by atoms with van der Waals surface area (Å²) >= 11 is 7.99. The summed E-state index contributed by atoms with van der Waals surface area (Å²) in [5.41, 5.74) is 0.975. The lowest BCUT2D eigenvalue weighted by Gasteiger charge is -2.08. The molecule has 2 rings (SSSR count). The fourth-order valence-corrected chi connectivity index (χ4v) is 2.67.